The Bertz CT molecular complexity index is 728. The fourth-order valence-electron chi connectivity index (χ4n) is 2.34. The minimum absolute atomic E-state index is 0.0377. The Morgan fingerprint density at radius 2 is 2.19 bits per heavy atom. The molecule has 0 spiro atoms. The zero-order chi connectivity index (χ0) is 14.7. The molecule has 2 aromatic heterocycles. The lowest BCUT2D eigenvalue weighted by atomic mass is 10.1. The van der Waals surface area contributed by atoms with E-state index in [9.17, 15) is 9.50 Å². The van der Waals surface area contributed by atoms with Crippen LogP contribution in [0, 0.1) is 5.82 Å². The van der Waals surface area contributed by atoms with E-state index >= 15 is 0 Å². The molecular formula is C16H15FN2O2. The van der Waals surface area contributed by atoms with Gasteiger partial charge in [-0.25, -0.2) is 4.39 Å². The molecule has 0 saturated carbocycles. The highest BCUT2D eigenvalue weighted by Gasteiger charge is 2.15. The second-order valence-corrected chi connectivity index (χ2v) is 4.74. The molecule has 3 rings (SSSR count). The average Bonchev–Trinajstić information content (AvgIpc) is 3.01. The SMILES string of the molecule is OCCC(Nc1ccnc2cc(F)ccc12)c1ccco1. The molecule has 2 N–H and O–H groups in total. The van der Waals surface area contributed by atoms with Crippen molar-refractivity contribution in [3.63, 3.8) is 0 Å². The first-order valence-corrected chi connectivity index (χ1v) is 6.73. The number of aliphatic hydroxyl groups excluding tert-OH is 1. The Morgan fingerprint density at radius 3 is 2.95 bits per heavy atom. The van der Waals surface area contributed by atoms with Gasteiger partial charge in [-0.2, -0.15) is 0 Å². The summed E-state index contributed by atoms with van der Waals surface area (Å²) in [5.74, 6) is 0.432. The van der Waals surface area contributed by atoms with E-state index in [2.05, 4.69) is 10.3 Å². The highest BCUT2D eigenvalue weighted by Crippen LogP contribution is 2.28. The van der Waals surface area contributed by atoms with E-state index in [1.54, 1.807) is 24.6 Å². The van der Waals surface area contributed by atoms with Gasteiger partial charge in [0.15, 0.2) is 0 Å². The number of anilines is 1. The summed E-state index contributed by atoms with van der Waals surface area (Å²) in [6, 6.07) is 9.84. The monoisotopic (exact) mass is 286 g/mol. The van der Waals surface area contributed by atoms with Crippen LogP contribution in [0.3, 0.4) is 0 Å². The molecule has 0 amide bonds. The number of rotatable bonds is 5. The van der Waals surface area contributed by atoms with Crippen LogP contribution in [-0.4, -0.2) is 16.7 Å². The molecule has 0 aliphatic carbocycles. The van der Waals surface area contributed by atoms with Crippen molar-refractivity contribution in [1.82, 2.24) is 4.98 Å². The molecule has 0 aliphatic rings. The van der Waals surface area contributed by atoms with Gasteiger partial charge in [-0.3, -0.25) is 4.98 Å². The lowest BCUT2D eigenvalue weighted by molar-refractivity contribution is 0.273. The maximum atomic E-state index is 13.3. The van der Waals surface area contributed by atoms with E-state index in [0.717, 1.165) is 16.8 Å². The standard InChI is InChI=1S/C16H15FN2O2/c17-11-3-4-12-13(5-7-18-15(12)10-11)19-14(6-8-20)16-2-1-9-21-16/h1-5,7,9-10,14,20H,6,8H2,(H,18,19). The van der Waals surface area contributed by atoms with Gasteiger partial charge in [-0.05, 0) is 36.8 Å². The molecule has 0 radical (unpaired) electrons. The molecule has 1 aromatic carbocycles. The second kappa shape index (κ2) is 5.93. The summed E-state index contributed by atoms with van der Waals surface area (Å²) in [5.41, 5.74) is 1.41. The smallest absolute Gasteiger partial charge is 0.126 e. The predicted octanol–water partition coefficient (Wildman–Crippen LogP) is 3.50. The Morgan fingerprint density at radius 1 is 1.29 bits per heavy atom. The third-order valence-electron chi connectivity index (χ3n) is 3.34. The van der Waals surface area contributed by atoms with Crippen molar-refractivity contribution in [3.8, 4) is 0 Å². The third-order valence-corrected chi connectivity index (χ3v) is 3.34. The molecule has 4 nitrogen and oxygen atoms in total. The normalized spacial score (nSPS) is 12.5. The Balaban J connectivity index is 1.96. The Hall–Kier alpha value is -2.40. The molecule has 1 atom stereocenters. The molecule has 3 aromatic rings. The largest absolute Gasteiger partial charge is 0.467 e. The van der Waals surface area contributed by atoms with Crippen LogP contribution in [0.15, 0.2) is 53.3 Å². The van der Waals surface area contributed by atoms with E-state index in [-0.39, 0.29) is 18.5 Å². The van der Waals surface area contributed by atoms with Crippen molar-refractivity contribution in [3.05, 3.63) is 60.4 Å². The lowest BCUT2D eigenvalue weighted by Crippen LogP contribution is -2.12. The van der Waals surface area contributed by atoms with Crippen molar-refractivity contribution in [2.45, 2.75) is 12.5 Å². The van der Waals surface area contributed by atoms with Crippen molar-refractivity contribution in [2.24, 2.45) is 0 Å². The van der Waals surface area contributed by atoms with Gasteiger partial charge in [-0.15, -0.1) is 0 Å². The molecule has 5 heteroatoms. The number of benzene rings is 1. The van der Waals surface area contributed by atoms with Crippen LogP contribution in [0.4, 0.5) is 10.1 Å². The summed E-state index contributed by atoms with van der Waals surface area (Å²) in [6.45, 7) is 0.0377. The van der Waals surface area contributed by atoms with Gasteiger partial charge in [0, 0.05) is 29.9 Å². The number of hydrogen-bond donors (Lipinski definition) is 2. The summed E-state index contributed by atoms with van der Waals surface area (Å²) in [6.07, 6.45) is 3.74. The molecular weight excluding hydrogens is 271 g/mol. The predicted molar refractivity (Wildman–Crippen MR) is 78.5 cm³/mol. The number of aliphatic hydroxyl groups is 1. The van der Waals surface area contributed by atoms with Crippen LogP contribution >= 0.6 is 0 Å². The van der Waals surface area contributed by atoms with Crippen molar-refractivity contribution < 1.29 is 13.9 Å². The second-order valence-electron chi connectivity index (χ2n) is 4.74. The topological polar surface area (TPSA) is 58.3 Å². The van der Waals surface area contributed by atoms with Crippen LogP contribution in [0.1, 0.15) is 18.2 Å². The summed E-state index contributed by atoms with van der Waals surface area (Å²) in [5, 5.41) is 13.4. The average molecular weight is 286 g/mol. The molecule has 1 unspecified atom stereocenters. The number of hydrogen-bond acceptors (Lipinski definition) is 4. The van der Waals surface area contributed by atoms with Crippen molar-refractivity contribution >= 4 is 16.6 Å². The molecule has 108 valence electrons. The third kappa shape index (κ3) is 2.87. The van der Waals surface area contributed by atoms with Crippen LogP contribution in [0.5, 0.6) is 0 Å². The van der Waals surface area contributed by atoms with Crippen LogP contribution in [0.25, 0.3) is 10.9 Å². The molecule has 0 fully saturated rings. The molecule has 21 heavy (non-hydrogen) atoms. The van der Waals surface area contributed by atoms with E-state index in [0.29, 0.717) is 11.9 Å². The lowest BCUT2D eigenvalue weighted by Gasteiger charge is -2.18. The quantitative estimate of drug-likeness (QED) is 0.753. The van der Waals surface area contributed by atoms with Crippen LogP contribution < -0.4 is 5.32 Å². The minimum atomic E-state index is -0.315. The number of aromatic nitrogens is 1. The Labute approximate surface area is 121 Å². The number of furan rings is 1. The maximum Gasteiger partial charge on any atom is 0.126 e. The fourth-order valence-corrected chi connectivity index (χ4v) is 2.34. The highest BCUT2D eigenvalue weighted by molar-refractivity contribution is 5.91. The van der Waals surface area contributed by atoms with Gasteiger partial charge in [0.1, 0.15) is 11.6 Å². The number of pyridine rings is 1. The van der Waals surface area contributed by atoms with Crippen LogP contribution in [0.2, 0.25) is 0 Å². The summed E-state index contributed by atoms with van der Waals surface area (Å²) in [4.78, 5) is 4.17. The minimum Gasteiger partial charge on any atom is -0.467 e. The first kappa shape index (κ1) is 13.6. The van der Waals surface area contributed by atoms with E-state index in [4.69, 9.17) is 4.42 Å². The summed E-state index contributed by atoms with van der Waals surface area (Å²) >= 11 is 0. The van der Waals surface area contributed by atoms with E-state index in [1.807, 2.05) is 12.1 Å². The zero-order valence-electron chi connectivity index (χ0n) is 11.3. The first-order valence-electron chi connectivity index (χ1n) is 6.73. The van der Waals surface area contributed by atoms with E-state index < -0.39 is 0 Å². The maximum absolute atomic E-state index is 13.3. The summed E-state index contributed by atoms with van der Waals surface area (Å²) in [7, 11) is 0. The molecule has 0 bridgehead atoms. The van der Waals surface area contributed by atoms with Gasteiger partial charge < -0.3 is 14.8 Å². The molecule has 0 saturated heterocycles. The fraction of sp³-hybridized carbons (Fsp3) is 0.188. The summed E-state index contributed by atoms with van der Waals surface area (Å²) < 4.78 is 18.7. The van der Waals surface area contributed by atoms with Crippen molar-refractivity contribution in [2.75, 3.05) is 11.9 Å². The van der Waals surface area contributed by atoms with Crippen molar-refractivity contribution in [1.29, 1.82) is 0 Å². The van der Waals surface area contributed by atoms with Crippen LogP contribution in [-0.2, 0) is 0 Å². The zero-order valence-corrected chi connectivity index (χ0v) is 11.3. The van der Waals surface area contributed by atoms with E-state index in [1.165, 1.54) is 12.1 Å². The highest BCUT2D eigenvalue weighted by atomic mass is 19.1. The van der Waals surface area contributed by atoms with Gasteiger partial charge >= 0.3 is 0 Å². The molecule has 0 aliphatic heterocycles. The number of nitrogens with one attached hydrogen (secondary N) is 1. The molecule has 2 heterocycles. The van der Waals surface area contributed by atoms with Gasteiger partial charge in [0.05, 0.1) is 17.8 Å². The first-order chi connectivity index (χ1) is 10.3. The number of fused-ring (bicyclic) bond motifs is 1. The van der Waals surface area contributed by atoms with Gasteiger partial charge in [0.25, 0.3) is 0 Å². The number of halogens is 1. The Kier molecular flexibility index (Phi) is 3.83. The number of nitrogens with zero attached hydrogens (tertiary/aromatic N) is 1. The van der Waals surface area contributed by atoms with Gasteiger partial charge in [-0.1, -0.05) is 0 Å². The van der Waals surface area contributed by atoms with Gasteiger partial charge in [0.2, 0.25) is 0 Å².